The minimum Gasteiger partial charge on any atom is -0.462 e. The van der Waals surface area contributed by atoms with E-state index in [2.05, 4.69) is 55.4 Å². The zero-order chi connectivity index (χ0) is 73.1. The number of aliphatic hydroxyl groups excluding tert-OH is 1. The van der Waals surface area contributed by atoms with Crippen molar-refractivity contribution in [1.82, 2.24) is 0 Å². The summed E-state index contributed by atoms with van der Waals surface area (Å²) in [6, 6.07) is 0. The summed E-state index contributed by atoms with van der Waals surface area (Å²) in [5.41, 5.74) is 0. The van der Waals surface area contributed by atoms with Gasteiger partial charge in [-0.1, -0.05) is 357 Å². The largest absolute Gasteiger partial charge is 0.472 e. The molecule has 0 radical (unpaired) electrons. The molecule has 0 aromatic rings. The smallest absolute Gasteiger partial charge is 0.462 e. The quantitative estimate of drug-likeness (QED) is 0.0222. The molecule has 99 heavy (non-hydrogen) atoms. The molecule has 0 aliphatic carbocycles. The molecule has 0 spiro atoms. The Hall–Kier alpha value is -1.94. The second kappa shape index (κ2) is 69.1. The SMILES string of the molecule is CCC(C)CCCCCCCCCCCCCCCCCCCCC(=O)O[C@H](COC(=O)CCCCCCCCC(C)CC)COP(=O)(O)OC[C@H](O)COP(=O)(O)OC[C@@H](COC(=O)CCCCCCCCCCCCC(C)C)OC(=O)CCCCCCCCCCCCC(C)CC. The lowest BCUT2D eigenvalue weighted by Crippen LogP contribution is -2.30. The molecule has 0 aliphatic heterocycles. The van der Waals surface area contributed by atoms with Gasteiger partial charge in [-0.2, -0.15) is 0 Å². The summed E-state index contributed by atoms with van der Waals surface area (Å²) in [4.78, 5) is 72.9. The first-order valence-corrected chi connectivity index (χ1v) is 44.3. The summed E-state index contributed by atoms with van der Waals surface area (Å²) in [7, 11) is -9.92. The van der Waals surface area contributed by atoms with Crippen molar-refractivity contribution < 1.29 is 80.2 Å². The molecule has 3 N–H and O–H groups in total. The Morgan fingerprint density at radius 3 is 0.717 bits per heavy atom. The van der Waals surface area contributed by atoms with Crippen LogP contribution in [0.2, 0.25) is 0 Å². The van der Waals surface area contributed by atoms with E-state index in [1.807, 2.05) is 0 Å². The van der Waals surface area contributed by atoms with Crippen LogP contribution in [-0.2, 0) is 65.4 Å². The lowest BCUT2D eigenvalue weighted by atomic mass is 9.99. The zero-order valence-electron chi connectivity index (χ0n) is 65.1. The van der Waals surface area contributed by atoms with E-state index >= 15 is 0 Å². The minimum atomic E-state index is -4.96. The number of phosphoric acid groups is 2. The number of unbranched alkanes of at least 4 members (excludes halogenated alkanes) is 40. The van der Waals surface area contributed by atoms with Crippen LogP contribution in [0.3, 0.4) is 0 Å². The van der Waals surface area contributed by atoms with Gasteiger partial charge >= 0.3 is 39.5 Å². The van der Waals surface area contributed by atoms with Crippen LogP contribution in [0.4, 0.5) is 0 Å². The summed E-state index contributed by atoms with van der Waals surface area (Å²) in [6.07, 6.45) is 55.5. The number of carbonyl (C=O) groups excluding carboxylic acids is 4. The molecule has 0 aromatic heterocycles. The molecule has 0 saturated heterocycles. The molecule has 19 heteroatoms. The van der Waals surface area contributed by atoms with Crippen LogP contribution in [0.5, 0.6) is 0 Å². The first-order valence-electron chi connectivity index (χ1n) is 41.3. The molecular formula is C80H156O17P2. The number of hydrogen-bond donors (Lipinski definition) is 3. The van der Waals surface area contributed by atoms with Gasteiger partial charge < -0.3 is 33.8 Å². The number of esters is 4. The molecule has 0 aromatic carbocycles. The molecule has 0 amide bonds. The van der Waals surface area contributed by atoms with E-state index in [1.54, 1.807) is 0 Å². The molecule has 5 unspecified atom stereocenters. The summed E-state index contributed by atoms with van der Waals surface area (Å²) in [5, 5.41) is 10.6. The maximum atomic E-state index is 13.1. The van der Waals surface area contributed by atoms with Gasteiger partial charge in [0.2, 0.25) is 0 Å². The van der Waals surface area contributed by atoms with E-state index in [0.29, 0.717) is 25.7 Å². The Morgan fingerprint density at radius 1 is 0.283 bits per heavy atom. The Kier molecular flexibility index (Phi) is 67.8. The van der Waals surface area contributed by atoms with Crippen LogP contribution < -0.4 is 0 Å². The van der Waals surface area contributed by atoms with E-state index < -0.39 is 97.5 Å². The van der Waals surface area contributed by atoms with Gasteiger partial charge in [0.05, 0.1) is 26.4 Å². The summed E-state index contributed by atoms with van der Waals surface area (Å²) >= 11 is 0. The van der Waals surface area contributed by atoms with Crippen LogP contribution in [0.1, 0.15) is 409 Å². The van der Waals surface area contributed by atoms with Crippen LogP contribution in [0.25, 0.3) is 0 Å². The van der Waals surface area contributed by atoms with E-state index in [-0.39, 0.29) is 25.7 Å². The van der Waals surface area contributed by atoms with Gasteiger partial charge in [0.25, 0.3) is 0 Å². The van der Waals surface area contributed by atoms with Crippen molar-refractivity contribution >= 4 is 39.5 Å². The summed E-state index contributed by atoms with van der Waals surface area (Å²) in [5.74, 6) is 1.05. The van der Waals surface area contributed by atoms with Gasteiger partial charge in [-0.3, -0.25) is 37.3 Å². The summed E-state index contributed by atoms with van der Waals surface area (Å²) in [6.45, 7) is 14.3. The number of phosphoric ester groups is 2. The predicted octanol–water partition coefficient (Wildman–Crippen LogP) is 23.6. The number of hydrogen-bond acceptors (Lipinski definition) is 15. The van der Waals surface area contributed by atoms with E-state index in [1.165, 1.54) is 205 Å². The lowest BCUT2D eigenvalue weighted by Gasteiger charge is -2.21. The van der Waals surface area contributed by atoms with Crippen LogP contribution in [0.15, 0.2) is 0 Å². The second-order valence-electron chi connectivity index (χ2n) is 30.0. The fourth-order valence-corrected chi connectivity index (χ4v) is 13.7. The van der Waals surface area contributed by atoms with E-state index in [4.69, 9.17) is 37.0 Å². The van der Waals surface area contributed by atoms with Crippen LogP contribution in [-0.4, -0.2) is 96.7 Å². The highest BCUT2D eigenvalue weighted by Crippen LogP contribution is 2.45. The molecule has 0 rings (SSSR count). The molecule has 8 atom stereocenters. The Labute approximate surface area is 607 Å². The Morgan fingerprint density at radius 2 is 0.485 bits per heavy atom. The molecule has 588 valence electrons. The normalized spacial score (nSPS) is 14.9. The molecule has 0 aliphatic rings. The molecule has 0 bridgehead atoms. The second-order valence-corrected chi connectivity index (χ2v) is 32.9. The van der Waals surface area contributed by atoms with Gasteiger partial charge in [-0.25, -0.2) is 9.13 Å². The average Bonchev–Trinajstić information content (AvgIpc) is 1.10. The fraction of sp³-hybridized carbons (Fsp3) is 0.950. The third kappa shape index (κ3) is 70.2. The van der Waals surface area contributed by atoms with Gasteiger partial charge in [0, 0.05) is 25.7 Å². The first kappa shape index (κ1) is 97.1. The molecule has 0 heterocycles. The highest BCUT2D eigenvalue weighted by Gasteiger charge is 2.30. The van der Waals surface area contributed by atoms with Crippen LogP contribution >= 0.6 is 15.6 Å². The standard InChI is InChI=1S/C80H156O17P2/c1-9-71(6)57-49-41-33-27-20-18-16-14-12-13-15-17-19-21-30-36-46-54-62-79(84)97-76(67-91-78(83)61-53-45-39-38-43-51-59-73(8)11-3)69-95-99(88,89)93-65-74(81)64-92-98(86,87)94-68-75(66-90-77(82)60-52-44-35-29-24-22-26-32-40-48-56-70(4)5)96-80(85)63-55-47-37-31-25-23-28-34-42-50-58-72(7)10-2/h70-76,81H,9-69H2,1-8H3,(H,86,87)(H,88,89)/t71?,72?,73?,74-,75-,76-/m1/s1. The maximum absolute atomic E-state index is 13.1. The topological polar surface area (TPSA) is 237 Å². The van der Waals surface area contributed by atoms with Crippen molar-refractivity contribution in [3.8, 4) is 0 Å². The Bertz CT molecular complexity index is 1940. The van der Waals surface area contributed by atoms with Gasteiger partial charge in [0.1, 0.15) is 19.3 Å². The van der Waals surface area contributed by atoms with E-state index in [0.717, 1.165) is 120 Å². The highest BCUT2D eigenvalue weighted by atomic mass is 31.2. The van der Waals surface area contributed by atoms with Crippen molar-refractivity contribution in [3.63, 3.8) is 0 Å². The highest BCUT2D eigenvalue weighted by molar-refractivity contribution is 7.47. The van der Waals surface area contributed by atoms with Crippen molar-refractivity contribution in [2.24, 2.45) is 23.7 Å². The monoisotopic (exact) mass is 1450 g/mol. The number of aliphatic hydroxyl groups is 1. The Balaban J connectivity index is 5.20. The summed E-state index contributed by atoms with van der Waals surface area (Å²) < 4.78 is 68.6. The van der Waals surface area contributed by atoms with Crippen molar-refractivity contribution in [1.29, 1.82) is 0 Å². The van der Waals surface area contributed by atoms with Gasteiger partial charge in [-0.05, 0) is 49.4 Å². The fourth-order valence-electron chi connectivity index (χ4n) is 12.2. The molecular weight excluding hydrogens is 1290 g/mol. The number of carbonyl (C=O) groups is 4. The van der Waals surface area contributed by atoms with Crippen LogP contribution in [0, 0.1) is 23.7 Å². The maximum Gasteiger partial charge on any atom is 0.472 e. The van der Waals surface area contributed by atoms with Gasteiger partial charge in [-0.15, -0.1) is 0 Å². The number of rotatable bonds is 77. The predicted molar refractivity (Wildman–Crippen MR) is 404 cm³/mol. The lowest BCUT2D eigenvalue weighted by molar-refractivity contribution is -0.161. The average molecular weight is 1450 g/mol. The first-order chi connectivity index (χ1) is 47.7. The zero-order valence-corrected chi connectivity index (χ0v) is 66.9. The van der Waals surface area contributed by atoms with Crippen molar-refractivity contribution in [2.45, 2.75) is 427 Å². The minimum absolute atomic E-state index is 0.106. The molecule has 17 nitrogen and oxygen atoms in total. The molecule has 0 saturated carbocycles. The van der Waals surface area contributed by atoms with Crippen molar-refractivity contribution in [3.05, 3.63) is 0 Å². The van der Waals surface area contributed by atoms with E-state index in [9.17, 15) is 43.2 Å². The van der Waals surface area contributed by atoms with Gasteiger partial charge in [0.15, 0.2) is 12.2 Å². The van der Waals surface area contributed by atoms with Crippen molar-refractivity contribution in [2.75, 3.05) is 39.6 Å². The number of ether oxygens (including phenoxy) is 4. The third-order valence-electron chi connectivity index (χ3n) is 19.7. The third-order valence-corrected chi connectivity index (χ3v) is 21.6. The molecule has 0 fully saturated rings.